The lowest BCUT2D eigenvalue weighted by molar-refractivity contribution is 0.0680. The molecule has 5 nitrogen and oxygen atoms in total. The molecular formula is C19H19BrO5. The molecule has 0 saturated carbocycles. The molecule has 6 heteroatoms. The van der Waals surface area contributed by atoms with Crippen molar-refractivity contribution in [3.8, 4) is 11.5 Å². The van der Waals surface area contributed by atoms with E-state index in [4.69, 9.17) is 9.47 Å². The van der Waals surface area contributed by atoms with Crippen molar-refractivity contribution in [2.45, 2.75) is 26.2 Å². The Hall–Kier alpha value is -2.34. The van der Waals surface area contributed by atoms with Crippen LogP contribution in [0.3, 0.4) is 0 Å². The summed E-state index contributed by atoms with van der Waals surface area (Å²) >= 11 is 3.20. The van der Waals surface area contributed by atoms with E-state index in [0.29, 0.717) is 16.8 Å². The molecule has 25 heavy (non-hydrogen) atoms. The van der Waals surface area contributed by atoms with Crippen LogP contribution in [0, 0.1) is 0 Å². The molecule has 0 amide bonds. The van der Waals surface area contributed by atoms with Crippen LogP contribution in [0.15, 0.2) is 46.9 Å². The van der Waals surface area contributed by atoms with E-state index in [0.717, 1.165) is 19.3 Å². The summed E-state index contributed by atoms with van der Waals surface area (Å²) in [5.41, 5.74) is 0.169. The number of para-hydroxylation sites is 1. The lowest BCUT2D eigenvalue weighted by Gasteiger charge is -2.12. The van der Waals surface area contributed by atoms with Crippen molar-refractivity contribution in [1.29, 1.82) is 0 Å². The van der Waals surface area contributed by atoms with E-state index in [1.54, 1.807) is 30.3 Å². The van der Waals surface area contributed by atoms with Gasteiger partial charge in [0.2, 0.25) is 0 Å². The van der Waals surface area contributed by atoms with Crippen LogP contribution in [0.25, 0.3) is 0 Å². The van der Waals surface area contributed by atoms with Gasteiger partial charge in [0, 0.05) is 4.47 Å². The molecule has 132 valence electrons. The smallest absolute Gasteiger partial charge is 0.347 e. The van der Waals surface area contributed by atoms with Crippen LogP contribution in [0.2, 0.25) is 0 Å². The number of hydrogen-bond donors (Lipinski definition) is 1. The maximum atomic E-state index is 12.5. The quantitative estimate of drug-likeness (QED) is 0.382. The first-order valence-corrected chi connectivity index (χ1v) is 8.79. The fourth-order valence-electron chi connectivity index (χ4n) is 2.21. The maximum Gasteiger partial charge on any atom is 0.347 e. The van der Waals surface area contributed by atoms with Gasteiger partial charge in [-0.15, -0.1) is 0 Å². The van der Waals surface area contributed by atoms with Crippen LogP contribution in [-0.4, -0.2) is 23.7 Å². The van der Waals surface area contributed by atoms with Gasteiger partial charge in [-0.25, -0.2) is 9.59 Å². The summed E-state index contributed by atoms with van der Waals surface area (Å²) in [5, 5.41) is 9.26. The van der Waals surface area contributed by atoms with Crippen molar-refractivity contribution in [1.82, 2.24) is 0 Å². The summed E-state index contributed by atoms with van der Waals surface area (Å²) in [5.74, 6) is -1.41. The lowest BCUT2D eigenvalue weighted by atomic mass is 10.2. The molecule has 0 spiro atoms. The molecule has 0 unspecified atom stereocenters. The van der Waals surface area contributed by atoms with Crippen LogP contribution in [0.1, 0.15) is 46.9 Å². The highest BCUT2D eigenvalue weighted by Gasteiger charge is 2.19. The topological polar surface area (TPSA) is 72.8 Å². The molecule has 0 aliphatic carbocycles. The second-order valence-corrected chi connectivity index (χ2v) is 6.30. The van der Waals surface area contributed by atoms with Crippen molar-refractivity contribution in [3.63, 3.8) is 0 Å². The number of carboxylic acids is 1. The fraction of sp³-hybridized carbons (Fsp3) is 0.263. The second-order valence-electron chi connectivity index (χ2n) is 5.39. The number of carboxylic acid groups (broad SMARTS) is 1. The zero-order chi connectivity index (χ0) is 18.2. The van der Waals surface area contributed by atoms with Crippen molar-refractivity contribution < 1.29 is 24.2 Å². The van der Waals surface area contributed by atoms with Gasteiger partial charge in [-0.3, -0.25) is 0 Å². The Morgan fingerprint density at radius 3 is 2.52 bits per heavy atom. The maximum absolute atomic E-state index is 12.5. The number of hydrogen-bond acceptors (Lipinski definition) is 4. The lowest BCUT2D eigenvalue weighted by Crippen LogP contribution is -2.13. The Morgan fingerprint density at radius 1 is 1.04 bits per heavy atom. The molecule has 0 heterocycles. The third kappa shape index (κ3) is 5.32. The first kappa shape index (κ1) is 19.0. The number of benzene rings is 2. The molecule has 0 aliphatic heterocycles. The van der Waals surface area contributed by atoms with E-state index in [2.05, 4.69) is 22.9 Å². The van der Waals surface area contributed by atoms with Gasteiger partial charge in [0.05, 0.1) is 6.61 Å². The molecule has 0 aliphatic rings. The monoisotopic (exact) mass is 406 g/mol. The van der Waals surface area contributed by atoms with Gasteiger partial charge in [-0.1, -0.05) is 47.8 Å². The largest absolute Gasteiger partial charge is 0.493 e. The normalized spacial score (nSPS) is 10.3. The van der Waals surface area contributed by atoms with Gasteiger partial charge in [0.25, 0.3) is 0 Å². The van der Waals surface area contributed by atoms with Crippen LogP contribution >= 0.6 is 15.9 Å². The molecule has 0 atom stereocenters. The number of halogens is 1. The molecular weight excluding hydrogens is 388 g/mol. The standard InChI is InChI=1S/C19H19BrO5/c1-2-3-6-11-24-16-8-5-4-7-14(16)19(23)25-17-10-9-13(20)12-15(17)18(21)22/h4-5,7-10,12H,2-3,6,11H2,1H3,(H,21,22). The van der Waals surface area contributed by atoms with Gasteiger partial charge < -0.3 is 14.6 Å². The molecule has 0 bridgehead atoms. The van der Waals surface area contributed by atoms with E-state index in [9.17, 15) is 14.7 Å². The Bertz CT molecular complexity index is 757. The van der Waals surface area contributed by atoms with E-state index < -0.39 is 11.9 Å². The van der Waals surface area contributed by atoms with Crippen molar-refractivity contribution >= 4 is 27.9 Å². The fourth-order valence-corrected chi connectivity index (χ4v) is 2.57. The summed E-state index contributed by atoms with van der Waals surface area (Å²) in [6.45, 7) is 2.61. The zero-order valence-electron chi connectivity index (χ0n) is 13.8. The molecule has 0 aromatic heterocycles. The van der Waals surface area contributed by atoms with Gasteiger partial charge in [0.15, 0.2) is 0 Å². The Morgan fingerprint density at radius 2 is 1.80 bits per heavy atom. The highest BCUT2D eigenvalue weighted by Crippen LogP contribution is 2.26. The van der Waals surface area contributed by atoms with E-state index in [-0.39, 0.29) is 16.9 Å². The van der Waals surface area contributed by atoms with E-state index in [1.165, 1.54) is 12.1 Å². The highest BCUT2D eigenvalue weighted by molar-refractivity contribution is 9.10. The predicted octanol–water partition coefficient (Wildman–Crippen LogP) is 4.94. The molecule has 0 fully saturated rings. The molecule has 1 N–H and O–H groups in total. The van der Waals surface area contributed by atoms with Crippen LogP contribution in [0.5, 0.6) is 11.5 Å². The van der Waals surface area contributed by atoms with Crippen LogP contribution in [-0.2, 0) is 0 Å². The Kier molecular flexibility index (Phi) is 7.01. The number of carbonyl (C=O) groups is 2. The molecule has 2 rings (SSSR count). The van der Waals surface area contributed by atoms with E-state index in [1.807, 2.05) is 0 Å². The second kappa shape index (κ2) is 9.22. The minimum absolute atomic E-state index is 0.0125. The van der Waals surface area contributed by atoms with Crippen LogP contribution < -0.4 is 9.47 Å². The SMILES string of the molecule is CCCCCOc1ccccc1C(=O)Oc1ccc(Br)cc1C(=O)O. The number of esters is 1. The molecule has 0 radical (unpaired) electrons. The van der Waals surface area contributed by atoms with Gasteiger partial charge in [-0.2, -0.15) is 0 Å². The molecule has 2 aromatic rings. The number of aromatic carboxylic acids is 1. The summed E-state index contributed by atoms with van der Waals surface area (Å²) in [7, 11) is 0. The number of unbranched alkanes of at least 4 members (excludes halogenated alkanes) is 2. The van der Waals surface area contributed by atoms with E-state index >= 15 is 0 Å². The Labute approximate surface area is 154 Å². The van der Waals surface area contributed by atoms with Crippen molar-refractivity contribution in [2.75, 3.05) is 6.61 Å². The minimum atomic E-state index is -1.17. The van der Waals surface area contributed by atoms with Crippen LogP contribution in [0.4, 0.5) is 0 Å². The highest BCUT2D eigenvalue weighted by atomic mass is 79.9. The average Bonchev–Trinajstić information content (AvgIpc) is 2.60. The average molecular weight is 407 g/mol. The van der Waals surface area contributed by atoms with Crippen molar-refractivity contribution in [3.05, 3.63) is 58.1 Å². The third-order valence-electron chi connectivity index (χ3n) is 3.49. The minimum Gasteiger partial charge on any atom is -0.493 e. The number of ether oxygens (including phenoxy) is 2. The molecule has 0 saturated heterocycles. The van der Waals surface area contributed by atoms with Gasteiger partial charge >= 0.3 is 11.9 Å². The number of rotatable bonds is 8. The first-order valence-electron chi connectivity index (χ1n) is 7.99. The summed E-state index contributed by atoms with van der Waals surface area (Å²) in [6, 6.07) is 11.2. The summed E-state index contributed by atoms with van der Waals surface area (Å²) < 4.78 is 11.6. The Balaban J connectivity index is 2.18. The summed E-state index contributed by atoms with van der Waals surface area (Å²) in [4.78, 5) is 23.8. The van der Waals surface area contributed by atoms with Crippen molar-refractivity contribution in [2.24, 2.45) is 0 Å². The third-order valence-corrected chi connectivity index (χ3v) is 3.98. The zero-order valence-corrected chi connectivity index (χ0v) is 15.4. The molecule has 2 aromatic carbocycles. The van der Waals surface area contributed by atoms with Gasteiger partial charge in [0.1, 0.15) is 22.6 Å². The predicted molar refractivity (Wildman–Crippen MR) is 97.5 cm³/mol. The number of carbonyl (C=O) groups excluding carboxylic acids is 1. The van der Waals surface area contributed by atoms with Gasteiger partial charge in [-0.05, 0) is 36.8 Å². The summed E-state index contributed by atoms with van der Waals surface area (Å²) in [6.07, 6.45) is 3.03. The first-order chi connectivity index (χ1) is 12.0.